The van der Waals surface area contributed by atoms with E-state index in [1.165, 1.54) is 12.1 Å². The highest BCUT2D eigenvalue weighted by Gasteiger charge is 2.29. The Morgan fingerprint density at radius 3 is 2.44 bits per heavy atom. The quantitative estimate of drug-likeness (QED) is 0.491. The van der Waals surface area contributed by atoms with E-state index in [2.05, 4.69) is 26.9 Å². The monoisotopic (exact) mass is 472 g/mol. The number of likely N-dealkylation sites (tertiary alicyclic amines) is 1. The van der Waals surface area contributed by atoms with Gasteiger partial charge in [-0.05, 0) is 37.5 Å². The van der Waals surface area contributed by atoms with Gasteiger partial charge in [0.2, 0.25) is 0 Å². The van der Waals surface area contributed by atoms with E-state index in [1.54, 1.807) is 24.5 Å². The first-order chi connectivity index (χ1) is 16.4. The van der Waals surface area contributed by atoms with Gasteiger partial charge >= 0.3 is 17.9 Å². The molecule has 4 rings (SSSR count). The first-order valence-corrected chi connectivity index (χ1v) is 10.7. The normalized spacial score (nSPS) is 15.6. The fraction of sp³-hybridized carbons (Fsp3) is 0.348. The Hall–Kier alpha value is -3.86. The SMILES string of the molecule is CCC(Oc1ncccn1)N1CCC(c2noc3cc(F)ccc23)CC1.O=C(O)C=CC(=O)O. The van der Waals surface area contributed by atoms with Crippen molar-refractivity contribution >= 4 is 22.9 Å². The number of aromatic nitrogens is 3. The van der Waals surface area contributed by atoms with Crippen molar-refractivity contribution in [3.63, 3.8) is 0 Å². The van der Waals surface area contributed by atoms with Crippen molar-refractivity contribution in [2.45, 2.75) is 38.3 Å². The number of ether oxygens (including phenoxy) is 1. The van der Waals surface area contributed by atoms with E-state index in [1.807, 2.05) is 0 Å². The van der Waals surface area contributed by atoms with E-state index in [-0.39, 0.29) is 12.0 Å². The number of halogens is 1. The highest BCUT2D eigenvalue weighted by Crippen LogP contribution is 2.33. The minimum absolute atomic E-state index is 0.0403. The summed E-state index contributed by atoms with van der Waals surface area (Å²) in [6.45, 7) is 3.89. The fourth-order valence-corrected chi connectivity index (χ4v) is 3.71. The maximum absolute atomic E-state index is 13.3. The van der Waals surface area contributed by atoms with Crippen LogP contribution in [0.4, 0.5) is 4.39 Å². The Morgan fingerprint density at radius 2 is 1.85 bits per heavy atom. The second-order valence-corrected chi connectivity index (χ2v) is 7.54. The summed E-state index contributed by atoms with van der Waals surface area (Å²) in [5, 5.41) is 20.7. The molecular formula is C23H25FN4O6. The van der Waals surface area contributed by atoms with Gasteiger partial charge in [0.25, 0.3) is 0 Å². The summed E-state index contributed by atoms with van der Waals surface area (Å²) in [7, 11) is 0. The predicted octanol–water partition coefficient (Wildman–Crippen LogP) is 3.46. The molecule has 3 heterocycles. The van der Waals surface area contributed by atoms with Crippen molar-refractivity contribution < 1.29 is 33.5 Å². The molecule has 11 heteroatoms. The lowest BCUT2D eigenvalue weighted by molar-refractivity contribution is -0.134. The van der Waals surface area contributed by atoms with Crippen LogP contribution in [0.2, 0.25) is 0 Å². The second-order valence-electron chi connectivity index (χ2n) is 7.54. The molecule has 1 aliphatic heterocycles. The van der Waals surface area contributed by atoms with Crippen LogP contribution in [0.15, 0.2) is 53.3 Å². The molecule has 10 nitrogen and oxygen atoms in total. The first kappa shape index (κ1) is 24.8. The molecule has 34 heavy (non-hydrogen) atoms. The number of rotatable bonds is 7. The number of fused-ring (bicyclic) bond motifs is 1. The highest BCUT2D eigenvalue weighted by molar-refractivity contribution is 5.89. The lowest BCUT2D eigenvalue weighted by atomic mass is 9.91. The Labute approximate surface area is 194 Å². The van der Waals surface area contributed by atoms with Gasteiger partial charge in [-0.2, -0.15) is 0 Å². The number of aliphatic carboxylic acids is 2. The number of carboxylic acids is 2. The van der Waals surface area contributed by atoms with Gasteiger partial charge in [0.05, 0.1) is 5.69 Å². The second kappa shape index (κ2) is 11.8. The average Bonchev–Trinajstić information content (AvgIpc) is 3.25. The molecule has 2 aromatic heterocycles. The lowest BCUT2D eigenvalue weighted by Gasteiger charge is -2.36. The summed E-state index contributed by atoms with van der Waals surface area (Å²) >= 11 is 0. The smallest absolute Gasteiger partial charge is 0.328 e. The standard InChI is InChI=1S/C19H21FN4O2.C4H4O4/c1-2-17(25-19-21-8-3-9-22-19)24-10-6-13(7-11-24)18-15-5-4-14(20)12-16(15)26-23-18;5-3(6)1-2-4(7)8/h3-5,8-9,12-13,17H,2,6-7,10-11H2,1H3;1-2H,(H,5,6)(H,7,8). The van der Waals surface area contributed by atoms with E-state index in [0.717, 1.165) is 43.4 Å². The van der Waals surface area contributed by atoms with Crippen molar-refractivity contribution in [1.29, 1.82) is 0 Å². The van der Waals surface area contributed by atoms with Crippen LogP contribution in [-0.4, -0.2) is 61.5 Å². The number of carboxylic acid groups (broad SMARTS) is 2. The van der Waals surface area contributed by atoms with E-state index < -0.39 is 11.9 Å². The molecule has 1 atom stereocenters. The Bertz CT molecular complexity index is 1110. The van der Waals surface area contributed by atoms with Gasteiger partial charge in [-0.15, -0.1) is 0 Å². The molecule has 0 amide bonds. The summed E-state index contributed by atoms with van der Waals surface area (Å²) in [5.74, 6) is -2.51. The van der Waals surface area contributed by atoms with Crippen molar-refractivity contribution in [2.24, 2.45) is 0 Å². The first-order valence-electron chi connectivity index (χ1n) is 10.7. The Kier molecular flexibility index (Phi) is 8.63. The highest BCUT2D eigenvalue weighted by atomic mass is 19.1. The molecule has 2 N–H and O–H groups in total. The lowest BCUT2D eigenvalue weighted by Crippen LogP contribution is -2.44. The molecule has 180 valence electrons. The van der Waals surface area contributed by atoms with Crippen LogP contribution >= 0.6 is 0 Å². The van der Waals surface area contributed by atoms with Gasteiger partial charge in [-0.25, -0.2) is 23.9 Å². The maximum Gasteiger partial charge on any atom is 0.328 e. The van der Waals surface area contributed by atoms with Crippen LogP contribution in [0.25, 0.3) is 11.0 Å². The van der Waals surface area contributed by atoms with Gasteiger partial charge in [0.15, 0.2) is 11.8 Å². The van der Waals surface area contributed by atoms with Crippen LogP contribution in [-0.2, 0) is 9.59 Å². The zero-order valence-corrected chi connectivity index (χ0v) is 18.5. The van der Waals surface area contributed by atoms with Crippen LogP contribution in [0.5, 0.6) is 6.01 Å². The van der Waals surface area contributed by atoms with Gasteiger partial charge in [-0.1, -0.05) is 12.1 Å². The Morgan fingerprint density at radius 1 is 1.21 bits per heavy atom. The van der Waals surface area contributed by atoms with Gasteiger partial charge < -0.3 is 19.5 Å². The molecule has 1 aliphatic rings. The number of hydrogen-bond acceptors (Lipinski definition) is 8. The molecule has 0 radical (unpaired) electrons. The minimum atomic E-state index is -1.26. The van der Waals surface area contributed by atoms with Crippen LogP contribution in [0, 0.1) is 5.82 Å². The van der Waals surface area contributed by atoms with E-state index >= 15 is 0 Å². The van der Waals surface area contributed by atoms with Crippen LogP contribution in [0.1, 0.15) is 37.8 Å². The third-order valence-electron chi connectivity index (χ3n) is 5.29. The largest absolute Gasteiger partial charge is 0.478 e. The molecule has 0 spiro atoms. The van der Waals surface area contributed by atoms with Crippen molar-refractivity contribution in [2.75, 3.05) is 13.1 Å². The average molecular weight is 472 g/mol. The third kappa shape index (κ3) is 6.82. The van der Waals surface area contributed by atoms with Crippen LogP contribution < -0.4 is 4.74 Å². The van der Waals surface area contributed by atoms with Crippen molar-refractivity contribution in [3.05, 3.63) is 60.3 Å². The number of carbonyl (C=O) groups is 2. The number of benzene rings is 1. The molecule has 1 aromatic carbocycles. The van der Waals surface area contributed by atoms with E-state index in [0.29, 0.717) is 29.7 Å². The molecule has 1 fully saturated rings. The number of hydrogen-bond donors (Lipinski definition) is 2. The van der Waals surface area contributed by atoms with Gasteiger partial charge in [-0.3, -0.25) is 4.90 Å². The topological polar surface area (TPSA) is 139 Å². The van der Waals surface area contributed by atoms with E-state index in [4.69, 9.17) is 19.5 Å². The van der Waals surface area contributed by atoms with Gasteiger partial charge in [0.1, 0.15) is 5.82 Å². The van der Waals surface area contributed by atoms with E-state index in [9.17, 15) is 14.0 Å². The molecule has 0 bridgehead atoms. The third-order valence-corrected chi connectivity index (χ3v) is 5.29. The summed E-state index contributed by atoms with van der Waals surface area (Å²) in [6.07, 6.45) is 7.20. The number of nitrogens with zero attached hydrogens (tertiary/aromatic N) is 4. The minimum Gasteiger partial charge on any atom is -0.478 e. The van der Waals surface area contributed by atoms with Crippen molar-refractivity contribution in [3.8, 4) is 6.01 Å². The van der Waals surface area contributed by atoms with Crippen LogP contribution in [0.3, 0.4) is 0 Å². The summed E-state index contributed by atoms with van der Waals surface area (Å²) in [6, 6.07) is 6.79. The number of piperidine rings is 1. The van der Waals surface area contributed by atoms with Gasteiger partial charge in [0, 0.05) is 55.0 Å². The predicted molar refractivity (Wildman–Crippen MR) is 119 cm³/mol. The summed E-state index contributed by atoms with van der Waals surface area (Å²) in [5.41, 5.74) is 1.44. The molecule has 0 saturated carbocycles. The zero-order chi connectivity index (χ0) is 24.5. The Balaban J connectivity index is 0.000000350. The van der Waals surface area contributed by atoms with Crippen molar-refractivity contribution in [1.82, 2.24) is 20.0 Å². The summed E-state index contributed by atoms with van der Waals surface area (Å²) in [4.78, 5) is 29.7. The maximum atomic E-state index is 13.3. The molecule has 1 saturated heterocycles. The molecular weight excluding hydrogens is 447 g/mol. The molecule has 0 aliphatic carbocycles. The molecule has 3 aromatic rings. The molecule has 1 unspecified atom stereocenters. The fourth-order valence-electron chi connectivity index (χ4n) is 3.71. The summed E-state index contributed by atoms with van der Waals surface area (Å²) < 4.78 is 24.6. The zero-order valence-electron chi connectivity index (χ0n) is 18.5.